The number of hydrogen-bond acceptors (Lipinski definition) is 4. The molecule has 0 N–H and O–H groups in total. The second-order valence-corrected chi connectivity index (χ2v) is 9.01. The Kier molecular flexibility index (Phi) is 6.44. The Hall–Kier alpha value is -3.12. The molecule has 5 rings (SSSR count). The Bertz CT molecular complexity index is 1070. The molecule has 1 aliphatic carbocycles. The summed E-state index contributed by atoms with van der Waals surface area (Å²) < 4.78 is 14.1. The van der Waals surface area contributed by atoms with Crippen molar-refractivity contribution in [3.63, 3.8) is 0 Å². The van der Waals surface area contributed by atoms with E-state index in [1.807, 2.05) is 77.2 Å². The summed E-state index contributed by atoms with van der Waals surface area (Å²) in [5, 5.41) is 4.82. The van der Waals surface area contributed by atoms with Crippen molar-refractivity contribution < 1.29 is 14.3 Å². The minimum absolute atomic E-state index is 0.108. The predicted octanol–water partition coefficient (Wildman–Crippen LogP) is 5.28. The highest BCUT2D eigenvalue weighted by molar-refractivity contribution is 5.79. The molecule has 2 aromatic carbocycles. The van der Waals surface area contributed by atoms with E-state index in [0.29, 0.717) is 19.0 Å². The van der Waals surface area contributed by atoms with Crippen LogP contribution >= 0.6 is 0 Å². The van der Waals surface area contributed by atoms with E-state index in [-0.39, 0.29) is 17.9 Å². The Morgan fingerprint density at radius 1 is 1.06 bits per heavy atom. The van der Waals surface area contributed by atoms with Gasteiger partial charge >= 0.3 is 0 Å². The largest absolute Gasteiger partial charge is 0.439 e. The maximum Gasteiger partial charge on any atom is 0.227 e. The number of carbonyl (C=O) groups is 1. The first-order valence-corrected chi connectivity index (χ1v) is 12.0. The molecule has 3 aromatic rings. The van der Waals surface area contributed by atoms with Gasteiger partial charge in [0.05, 0.1) is 29.6 Å². The van der Waals surface area contributed by atoms with Crippen LogP contribution < -0.4 is 4.74 Å². The lowest BCUT2D eigenvalue weighted by Gasteiger charge is -2.33. The van der Waals surface area contributed by atoms with Crippen molar-refractivity contribution in [1.82, 2.24) is 14.7 Å². The third kappa shape index (κ3) is 4.81. The van der Waals surface area contributed by atoms with Crippen LogP contribution in [0.25, 0.3) is 5.69 Å². The molecular weight excluding hydrogens is 414 g/mol. The van der Waals surface area contributed by atoms with E-state index in [1.54, 1.807) is 0 Å². The van der Waals surface area contributed by atoms with Crippen molar-refractivity contribution in [2.24, 2.45) is 5.92 Å². The number of ether oxygens (including phenoxy) is 2. The van der Waals surface area contributed by atoms with Crippen LogP contribution in [0.2, 0.25) is 0 Å². The van der Waals surface area contributed by atoms with E-state index in [0.717, 1.165) is 61.4 Å². The molecule has 1 saturated heterocycles. The number of nitrogens with zero attached hydrogens (tertiary/aromatic N) is 3. The number of rotatable bonds is 8. The minimum Gasteiger partial charge on any atom is -0.439 e. The second-order valence-electron chi connectivity index (χ2n) is 9.01. The summed E-state index contributed by atoms with van der Waals surface area (Å²) in [7, 11) is 0. The zero-order valence-corrected chi connectivity index (χ0v) is 19.2. The van der Waals surface area contributed by atoms with Gasteiger partial charge in [-0.2, -0.15) is 5.10 Å². The predicted molar refractivity (Wildman–Crippen MR) is 127 cm³/mol. The molecule has 1 amide bonds. The molecule has 0 bridgehead atoms. The monoisotopic (exact) mass is 445 g/mol. The van der Waals surface area contributed by atoms with E-state index in [4.69, 9.17) is 14.6 Å². The van der Waals surface area contributed by atoms with Gasteiger partial charge < -0.3 is 14.4 Å². The summed E-state index contributed by atoms with van der Waals surface area (Å²) in [6.07, 6.45) is 5.27. The van der Waals surface area contributed by atoms with E-state index >= 15 is 0 Å². The standard InChI is InChI=1S/C27H31N3O3/c1-20-25(19-29(18-24-16-9-17-32-24)26(31)21-10-8-11-21)27(33-23-14-6-3-7-15-23)30(28-20)22-12-4-2-5-13-22/h2-7,12-15,21,24H,8-11,16-19H2,1H3. The number of aryl methyl sites for hydroxylation is 1. The van der Waals surface area contributed by atoms with Gasteiger partial charge in [-0.25, -0.2) is 4.68 Å². The first-order chi connectivity index (χ1) is 16.2. The highest BCUT2D eigenvalue weighted by Gasteiger charge is 2.33. The van der Waals surface area contributed by atoms with Gasteiger partial charge in [0, 0.05) is 19.1 Å². The van der Waals surface area contributed by atoms with Crippen molar-refractivity contribution in [2.75, 3.05) is 13.2 Å². The van der Waals surface area contributed by atoms with Crippen molar-refractivity contribution in [3.8, 4) is 17.3 Å². The van der Waals surface area contributed by atoms with Crippen LogP contribution in [0.3, 0.4) is 0 Å². The summed E-state index contributed by atoms with van der Waals surface area (Å²) >= 11 is 0. The molecule has 6 heteroatoms. The van der Waals surface area contributed by atoms with Crippen LogP contribution in [0.15, 0.2) is 60.7 Å². The third-order valence-corrected chi connectivity index (χ3v) is 6.66. The topological polar surface area (TPSA) is 56.6 Å². The molecule has 172 valence electrons. The number of aromatic nitrogens is 2. The summed E-state index contributed by atoms with van der Waals surface area (Å²) in [4.78, 5) is 15.4. The molecular formula is C27H31N3O3. The van der Waals surface area contributed by atoms with E-state index in [9.17, 15) is 4.79 Å². The molecule has 33 heavy (non-hydrogen) atoms. The summed E-state index contributed by atoms with van der Waals surface area (Å²) in [6, 6.07) is 19.7. The van der Waals surface area contributed by atoms with E-state index in [2.05, 4.69) is 0 Å². The Balaban J connectivity index is 1.50. The van der Waals surface area contributed by atoms with Crippen LogP contribution in [-0.4, -0.2) is 39.8 Å². The lowest BCUT2D eigenvalue weighted by atomic mass is 9.84. The first kappa shape index (κ1) is 21.7. The fraction of sp³-hybridized carbons (Fsp3) is 0.407. The maximum atomic E-state index is 13.4. The van der Waals surface area contributed by atoms with Crippen LogP contribution in [0, 0.1) is 12.8 Å². The minimum atomic E-state index is 0.108. The number of para-hydroxylation sites is 2. The van der Waals surface area contributed by atoms with Gasteiger partial charge in [0.2, 0.25) is 11.8 Å². The molecule has 1 unspecified atom stereocenters. The lowest BCUT2D eigenvalue weighted by Crippen LogP contribution is -2.42. The van der Waals surface area contributed by atoms with Crippen LogP contribution in [-0.2, 0) is 16.1 Å². The average Bonchev–Trinajstić information content (AvgIpc) is 3.42. The highest BCUT2D eigenvalue weighted by Crippen LogP contribution is 2.34. The van der Waals surface area contributed by atoms with Crippen molar-refractivity contribution in [1.29, 1.82) is 0 Å². The maximum absolute atomic E-state index is 13.4. The van der Waals surface area contributed by atoms with Gasteiger partial charge in [0.1, 0.15) is 5.75 Å². The highest BCUT2D eigenvalue weighted by atomic mass is 16.5. The van der Waals surface area contributed by atoms with Crippen molar-refractivity contribution >= 4 is 5.91 Å². The SMILES string of the molecule is Cc1nn(-c2ccccc2)c(Oc2ccccc2)c1CN(CC1CCCO1)C(=O)C1CCC1. The van der Waals surface area contributed by atoms with Gasteiger partial charge in [0.25, 0.3) is 0 Å². The fourth-order valence-corrected chi connectivity index (χ4v) is 4.54. The van der Waals surface area contributed by atoms with Gasteiger partial charge in [-0.3, -0.25) is 4.79 Å². The lowest BCUT2D eigenvalue weighted by molar-refractivity contribution is -0.140. The first-order valence-electron chi connectivity index (χ1n) is 12.0. The molecule has 6 nitrogen and oxygen atoms in total. The van der Waals surface area contributed by atoms with Gasteiger partial charge in [0.15, 0.2) is 0 Å². The van der Waals surface area contributed by atoms with Crippen LogP contribution in [0.1, 0.15) is 43.4 Å². The van der Waals surface area contributed by atoms with E-state index < -0.39 is 0 Å². The van der Waals surface area contributed by atoms with Gasteiger partial charge in [-0.15, -0.1) is 0 Å². The third-order valence-electron chi connectivity index (χ3n) is 6.66. The number of carbonyl (C=O) groups excluding carboxylic acids is 1. The molecule has 1 atom stereocenters. The smallest absolute Gasteiger partial charge is 0.227 e. The van der Waals surface area contributed by atoms with Gasteiger partial charge in [-0.05, 0) is 56.9 Å². The van der Waals surface area contributed by atoms with E-state index in [1.165, 1.54) is 0 Å². The Morgan fingerprint density at radius 3 is 2.42 bits per heavy atom. The van der Waals surface area contributed by atoms with Crippen LogP contribution in [0.5, 0.6) is 11.6 Å². The molecule has 2 aliphatic rings. The Morgan fingerprint density at radius 2 is 1.79 bits per heavy atom. The molecule has 0 spiro atoms. The van der Waals surface area contributed by atoms with Crippen molar-refractivity contribution in [2.45, 2.75) is 51.7 Å². The molecule has 1 aromatic heterocycles. The van der Waals surface area contributed by atoms with Crippen LogP contribution in [0.4, 0.5) is 0 Å². The zero-order chi connectivity index (χ0) is 22.6. The summed E-state index contributed by atoms with van der Waals surface area (Å²) in [5.74, 6) is 1.76. The number of hydrogen-bond donors (Lipinski definition) is 0. The van der Waals surface area contributed by atoms with Crippen molar-refractivity contribution in [3.05, 3.63) is 71.9 Å². The average molecular weight is 446 g/mol. The van der Waals surface area contributed by atoms with Gasteiger partial charge in [-0.1, -0.05) is 42.8 Å². The molecule has 2 heterocycles. The number of amides is 1. The molecule has 2 fully saturated rings. The quantitative estimate of drug-likeness (QED) is 0.473. The fourth-order valence-electron chi connectivity index (χ4n) is 4.54. The normalized spacial score (nSPS) is 18.2. The Labute approximate surface area is 195 Å². The number of benzene rings is 2. The molecule has 0 radical (unpaired) electrons. The zero-order valence-electron chi connectivity index (χ0n) is 19.2. The molecule has 1 saturated carbocycles. The summed E-state index contributed by atoms with van der Waals surface area (Å²) in [5.41, 5.74) is 2.73. The summed E-state index contributed by atoms with van der Waals surface area (Å²) in [6.45, 7) is 3.86. The molecule has 1 aliphatic heterocycles. The second kappa shape index (κ2) is 9.79.